The Bertz CT molecular complexity index is 415. The summed E-state index contributed by atoms with van der Waals surface area (Å²) in [6.07, 6.45) is 3.17. The molecular formula is C8H13N3O3S. The molecule has 0 bridgehead atoms. The smallest absolute Gasteiger partial charge is 0.212 e. The van der Waals surface area contributed by atoms with Crippen molar-refractivity contribution in [1.29, 1.82) is 0 Å². The molecule has 1 atom stereocenters. The van der Waals surface area contributed by atoms with Crippen molar-refractivity contribution in [3.05, 3.63) is 18.2 Å². The highest BCUT2D eigenvalue weighted by molar-refractivity contribution is 7.89. The lowest BCUT2D eigenvalue weighted by Gasteiger charge is -2.07. The Hall–Kier alpha value is -1.21. The highest BCUT2D eigenvalue weighted by Gasteiger charge is 2.17. The van der Waals surface area contributed by atoms with Crippen LogP contribution >= 0.6 is 0 Å². The van der Waals surface area contributed by atoms with Gasteiger partial charge in [0.25, 0.3) is 0 Å². The second-order valence-corrected chi connectivity index (χ2v) is 5.13. The molecule has 0 fully saturated rings. The van der Waals surface area contributed by atoms with Gasteiger partial charge in [-0.3, -0.25) is 0 Å². The van der Waals surface area contributed by atoms with E-state index in [0.717, 1.165) is 0 Å². The van der Waals surface area contributed by atoms with Crippen LogP contribution in [0.15, 0.2) is 12.4 Å². The second-order valence-electron chi connectivity index (χ2n) is 3.14. The molecular weight excluding hydrogens is 218 g/mol. The van der Waals surface area contributed by atoms with E-state index < -0.39 is 15.3 Å². The number of methoxy groups -OCH3 is 1. The molecule has 0 aromatic carbocycles. The Balaban J connectivity index is 2.74. The summed E-state index contributed by atoms with van der Waals surface area (Å²) in [5.74, 6) is 0.958. The second kappa shape index (κ2) is 4.54. The first-order chi connectivity index (χ1) is 6.93. The van der Waals surface area contributed by atoms with Crippen molar-refractivity contribution >= 4 is 10.0 Å². The van der Waals surface area contributed by atoms with E-state index in [4.69, 9.17) is 9.88 Å². The molecule has 7 heteroatoms. The van der Waals surface area contributed by atoms with E-state index in [0.29, 0.717) is 11.6 Å². The van der Waals surface area contributed by atoms with E-state index in [1.165, 1.54) is 26.4 Å². The number of nitrogens with two attached hydrogens (primary N) is 1. The van der Waals surface area contributed by atoms with Gasteiger partial charge in [0.2, 0.25) is 10.0 Å². The third kappa shape index (κ3) is 3.45. The van der Waals surface area contributed by atoms with Gasteiger partial charge in [-0.1, -0.05) is 0 Å². The molecule has 1 rings (SSSR count). The molecule has 1 heterocycles. The van der Waals surface area contributed by atoms with Crippen LogP contribution in [-0.2, 0) is 16.4 Å². The molecule has 0 aliphatic heterocycles. The summed E-state index contributed by atoms with van der Waals surface area (Å²) < 4.78 is 26.8. The largest absolute Gasteiger partial charge is 0.494 e. The Labute approximate surface area is 88.5 Å². The van der Waals surface area contributed by atoms with E-state index in [1.54, 1.807) is 0 Å². The van der Waals surface area contributed by atoms with Crippen LogP contribution in [0.1, 0.15) is 12.7 Å². The number of rotatable bonds is 4. The maximum atomic E-state index is 11.0. The average molecular weight is 231 g/mol. The van der Waals surface area contributed by atoms with Gasteiger partial charge < -0.3 is 4.74 Å². The lowest BCUT2D eigenvalue weighted by molar-refractivity contribution is 0.410. The molecule has 0 amide bonds. The summed E-state index contributed by atoms with van der Waals surface area (Å²) in [7, 11) is -2.02. The van der Waals surface area contributed by atoms with E-state index in [9.17, 15) is 8.42 Å². The highest BCUT2D eigenvalue weighted by atomic mass is 32.2. The first kappa shape index (κ1) is 11.9. The van der Waals surface area contributed by atoms with Crippen molar-refractivity contribution in [2.45, 2.75) is 18.6 Å². The fourth-order valence-electron chi connectivity index (χ4n) is 0.927. The number of hydrogen-bond donors (Lipinski definition) is 1. The van der Waals surface area contributed by atoms with Crippen LogP contribution in [0.2, 0.25) is 0 Å². The van der Waals surface area contributed by atoms with Crippen LogP contribution < -0.4 is 9.88 Å². The van der Waals surface area contributed by atoms with Gasteiger partial charge in [0.05, 0.1) is 24.8 Å². The fourth-order valence-corrected chi connectivity index (χ4v) is 1.31. The van der Waals surface area contributed by atoms with Crippen LogP contribution in [-0.4, -0.2) is 30.7 Å². The van der Waals surface area contributed by atoms with Gasteiger partial charge in [0.1, 0.15) is 5.82 Å². The zero-order chi connectivity index (χ0) is 11.5. The van der Waals surface area contributed by atoms with Crippen molar-refractivity contribution in [1.82, 2.24) is 9.97 Å². The quantitative estimate of drug-likeness (QED) is 0.768. The van der Waals surface area contributed by atoms with Crippen LogP contribution in [0.4, 0.5) is 0 Å². The molecule has 0 aliphatic rings. The topological polar surface area (TPSA) is 95.2 Å². The summed E-state index contributed by atoms with van der Waals surface area (Å²) in [6.45, 7) is 1.52. The van der Waals surface area contributed by atoms with Crippen molar-refractivity contribution in [2.75, 3.05) is 7.11 Å². The predicted molar refractivity (Wildman–Crippen MR) is 54.9 cm³/mol. The van der Waals surface area contributed by atoms with Gasteiger partial charge in [-0.2, -0.15) is 0 Å². The zero-order valence-electron chi connectivity index (χ0n) is 8.54. The van der Waals surface area contributed by atoms with Crippen molar-refractivity contribution in [3.8, 4) is 5.75 Å². The third-order valence-electron chi connectivity index (χ3n) is 1.95. The molecule has 1 unspecified atom stereocenters. The number of ether oxygens (including phenoxy) is 1. The third-order valence-corrected chi connectivity index (χ3v) is 3.24. The van der Waals surface area contributed by atoms with Gasteiger partial charge in [0.15, 0.2) is 5.75 Å². The highest BCUT2D eigenvalue weighted by Crippen LogP contribution is 2.07. The number of nitrogens with zero attached hydrogens (tertiary/aromatic N) is 2. The minimum Gasteiger partial charge on any atom is -0.494 e. The molecule has 6 nitrogen and oxygen atoms in total. The lowest BCUT2D eigenvalue weighted by Crippen LogP contribution is -2.28. The number of sulfonamides is 1. The first-order valence-corrected chi connectivity index (χ1v) is 5.91. The normalized spacial score (nSPS) is 13.5. The summed E-state index contributed by atoms with van der Waals surface area (Å²) in [6, 6.07) is 0. The van der Waals surface area contributed by atoms with E-state index in [-0.39, 0.29) is 6.42 Å². The fraction of sp³-hybridized carbons (Fsp3) is 0.500. The van der Waals surface area contributed by atoms with Crippen LogP contribution in [0.25, 0.3) is 0 Å². The predicted octanol–water partition coefficient (Wildman–Crippen LogP) is -0.295. The van der Waals surface area contributed by atoms with Gasteiger partial charge in [-0.05, 0) is 6.92 Å². The summed E-state index contributed by atoms with van der Waals surface area (Å²) in [5.41, 5.74) is 0. The summed E-state index contributed by atoms with van der Waals surface area (Å²) >= 11 is 0. The maximum absolute atomic E-state index is 11.0. The van der Waals surface area contributed by atoms with Crippen LogP contribution in [0.5, 0.6) is 5.75 Å². The summed E-state index contributed by atoms with van der Waals surface area (Å²) in [4.78, 5) is 7.89. The summed E-state index contributed by atoms with van der Waals surface area (Å²) in [5, 5.41) is 4.29. The van der Waals surface area contributed by atoms with Crippen LogP contribution in [0.3, 0.4) is 0 Å². The van der Waals surface area contributed by atoms with Gasteiger partial charge in [-0.15, -0.1) is 0 Å². The Morgan fingerprint density at radius 2 is 2.00 bits per heavy atom. The molecule has 0 aliphatic carbocycles. The Kier molecular flexibility index (Phi) is 3.59. The molecule has 0 radical (unpaired) electrons. The average Bonchev–Trinajstić information content (AvgIpc) is 2.17. The van der Waals surface area contributed by atoms with Crippen molar-refractivity contribution < 1.29 is 13.2 Å². The molecule has 0 saturated heterocycles. The van der Waals surface area contributed by atoms with Crippen molar-refractivity contribution in [3.63, 3.8) is 0 Å². The zero-order valence-corrected chi connectivity index (χ0v) is 9.36. The number of primary sulfonamides is 1. The molecule has 0 saturated carbocycles. The molecule has 2 N–H and O–H groups in total. The minimum absolute atomic E-state index is 0.197. The van der Waals surface area contributed by atoms with E-state index in [2.05, 4.69) is 9.97 Å². The van der Waals surface area contributed by atoms with Gasteiger partial charge >= 0.3 is 0 Å². The number of hydrogen-bond acceptors (Lipinski definition) is 5. The number of aromatic nitrogens is 2. The monoisotopic (exact) mass is 231 g/mol. The van der Waals surface area contributed by atoms with Gasteiger partial charge in [-0.25, -0.2) is 23.5 Å². The molecule has 1 aromatic heterocycles. The van der Waals surface area contributed by atoms with E-state index >= 15 is 0 Å². The van der Waals surface area contributed by atoms with Crippen molar-refractivity contribution in [2.24, 2.45) is 5.14 Å². The molecule has 15 heavy (non-hydrogen) atoms. The standard InChI is InChI=1S/C8H13N3O3S/c1-6(15(9,12)13)3-8-10-4-7(14-2)5-11-8/h4-6H,3H2,1-2H3,(H2,9,12,13). The van der Waals surface area contributed by atoms with Crippen LogP contribution in [0, 0.1) is 0 Å². The molecule has 84 valence electrons. The Morgan fingerprint density at radius 3 is 2.40 bits per heavy atom. The Morgan fingerprint density at radius 1 is 1.47 bits per heavy atom. The maximum Gasteiger partial charge on any atom is 0.212 e. The SMILES string of the molecule is COc1cnc(CC(C)S(N)(=O)=O)nc1. The van der Waals surface area contributed by atoms with Gasteiger partial charge in [0, 0.05) is 6.42 Å². The minimum atomic E-state index is -3.53. The molecule has 0 spiro atoms. The first-order valence-electron chi connectivity index (χ1n) is 4.30. The van der Waals surface area contributed by atoms with E-state index in [1.807, 2.05) is 0 Å². The molecule has 1 aromatic rings. The lowest BCUT2D eigenvalue weighted by atomic mass is 10.3.